The molecule has 1 aromatic carbocycles. The number of phenols is 2. The van der Waals surface area contributed by atoms with Gasteiger partial charge in [0.25, 0.3) is 5.91 Å². The van der Waals surface area contributed by atoms with Crippen LogP contribution in [0.4, 0.5) is 0 Å². The number of pyridine rings is 1. The number of rotatable bonds is 1. The molecule has 2 aromatic rings. The Morgan fingerprint density at radius 1 is 1.16 bits per heavy atom. The first-order valence-electron chi connectivity index (χ1n) is 7.87. The molecule has 2 rings (SSSR count). The molecule has 0 aliphatic heterocycles. The molecule has 3 N–H and O–H groups in total. The highest BCUT2D eigenvalue weighted by Crippen LogP contribution is 2.39. The minimum absolute atomic E-state index is 0.00606. The van der Waals surface area contributed by atoms with E-state index < -0.39 is 33.9 Å². The molecule has 0 aliphatic rings. The van der Waals surface area contributed by atoms with Crippen LogP contribution < -0.4 is 10.7 Å². The number of fused-ring (bicyclic) bond motifs is 1. The zero-order chi connectivity index (χ0) is 19.3. The molecule has 0 fully saturated rings. The number of hydrogen-bond acceptors (Lipinski definition) is 4. The van der Waals surface area contributed by atoms with Gasteiger partial charge >= 0.3 is 0 Å². The third kappa shape index (κ3) is 3.58. The van der Waals surface area contributed by atoms with E-state index in [2.05, 4.69) is 5.32 Å². The van der Waals surface area contributed by atoms with Crippen LogP contribution in [0.1, 0.15) is 51.9 Å². The number of phenolic OH excluding ortho intramolecular Hbond substituents is 2. The lowest BCUT2D eigenvalue weighted by atomic mass is 10.0. The van der Waals surface area contributed by atoms with E-state index in [9.17, 15) is 19.8 Å². The van der Waals surface area contributed by atoms with Gasteiger partial charge in [-0.05, 0) is 41.5 Å². The molecule has 1 aromatic heterocycles. The van der Waals surface area contributed by atoms with Crippen LogP contribution in [0.15, 0.2) is 17.1 Å². The Labute approximate surface area is 151 Å². The van der Waals surface area contributed by atoms with Crippen molar-refractivity contribution in [2.75, 3.05) is 0 Å². The number of aromatic hydroxyl groups is 2. The van der Waals surface area contributed by atoms with Crippen molar-refractivity contribution >= 4 is 28.4 Å². The lowest BCUT2D eigenvalue weighted by Gasteiger charge is -2.27. The molecular weight excluding hydrogens is 344 g/mol. The van der Waals surface area contributed by atoms with Crippen molar-refractivity contribution in [3.8, 4) is 11.5 Å². The first-order chi connectivity index (χ1) is 11.2. The maximum atomic E-state index is 12.9. The van der Waals surface area contributed by atoms with E-state index in [1.165, 1.54) is 12.3 Å². The van der Waals surface area contributed by atoms with Crippen LogP contribution in [-0.4, -0.2) is 26.2 Å². The Bertz CT molecular complexity index is 918. The molecule has 0 spiro atoms. The molecule has 6 nitrogen and oxygen atoms in total. The summed E-state index contributed by atoms with van der Waals surface area (Å²) in [5.41, 5.74) is -1.37. The second-order valence-electron chi connectivity index (χ2n) is 8.07. The number of nitrogens with zero attached hydrogens (tertiary/aromatic N) is 1. The normalized spacial score (nSPS) is 12.4. The minimum atomic E-state index is -0.599. The molecular formula is C18H23ClN2O4. The van der Waals surface area contributed by atoms with Crippen LogP contribution in [0, 0.1) is 0 Å². The van der Waals surface area contributed by atoms with Crippen LogP contribution in [0.3, 0.4) is 0 Å². The van der Waals surface area contributed by atoms with Crippen LogP contribution in [0.5, 0.6) is 11.5 Å². The molecule has 0 saturated heterocycles. The highest BCUT2D eigenvalue weighted by molar-refractivity contribution is 6.37. The van der Waals surface area contributed by atoms with Gasteiger partial charge in [-0.1, -0.05) is 11.6 Å². The van der Waals surface area contributed by atoms with Crippen molar-refractivity contribution in [1.29, 1.82) is 0 Å². The quantitative estimate of drug-likeness (QED) is 0.675. The molecule has 0 radical (unpaired) electrons. The summed E-state index contributed by atoms with van der Waals surface area (Å²) in [5.74, 6) is -1.54. The summed E-state index contributed by atoms with van der Waals surface area (Å²) in [7, 11) is 0. The molecule has 1 amide bonds. The van der Waals surface area contributed by atoms with Gasteiger partial charge in [-0.3, -0.25) is 9.59 Å². The Morgan fingerprint density at radius 3 is 2.20 bits per heavy atom. The largest absolute Gasteiger partial charge is 0.504 e. The summed E-state index contributed by atoms with van der Waals surface area (Å²) < 4.78 is 1.69. The van der Waals surface area contributed by atoms with E-state index in [-0.39, 0.29) is 16.0 Å². The van der Waals surface area contributed by atoms with E-state index in [4.69, 9.17) is 11.6 Å². The maximum absolute atomic E-state index is 12.9. The number of hydrogen-bond donors (Lipinski definition) is 3. The molecule has 0 unspecified atom stereocenters. The number of amides is 1. The van der Waals surface area contributed by atoms with Crippen molar-refractivity contribution in [1.82, 2.24) is 9.88 Å². The number of nitrogens with one attached hydrogen (secondary N) is 1. The second-order valence-corrected chi connectivity index (χ2v) is 8.45. The molecule has 0 atom stereocenters. The maximum Gasteiger partial charge on any atom is 0.257 e. The Balaban J connectivity index is 2.94. The summed E-state index contributed by atoms with van der Waals surface area (Å²) in [5, 5.41) is 22.3. The number of benzene rings is 1. The van der Waals surface area contributed by atoms with Gasteiger partial charge in [0.15, 0.2) is 11.5 Å². The smallest absolute Gasteiger partial charge is 0.257 e. The first-order valence-corrected chi connectivity index (χ1v) is 8.24. The molecule has 1 heterocycles. The van der Waals surface area contributed by atoms with Gasteiger partial charge in [-0.25, -0.2) is 0 Å². The van der Waals surface area contributed by atoms with Crippen molar-refractivity contribution < 1.29 is 15.0 Å². The Morgan fingerprint density at radius 2 is 1.72 bits per heavy atom. The predicted molar refractivity (Wildman–Crippen MR) is 98.8 cm³/mol. The van der Waals surface area contributed by atoms with Crippen molar-refractivity contribution in [3.05, 3.63) is 33.1 Å². The van der Waals surface area contributed by atoms with Gasteiger partial charge in [-0.2, -0.15) is 0 Å². The number of carbonyl (C=O) groups excluding carboxylic acids is 1. The highest BCUT2D eigenvalue weighted by Gasteiger charge is 2.26. The van der Waals surface area contributed by atoms with E-state index in [0.717, 1.165) is 0 Å². The average Bonchev–Trinajstić information content (AvgIpc) is 2.41. The first kappa shape index (κ1) is 19.1. The zero-order valence-electron chi connectivity index (χ0n) is 15.2. The van der Waals surface area contributed by atoms with Crippen LogP contribution in [-0.2, 0) is 5.54 Å². The van der Waals surface area contributed by atoms with Gasteiger partial charge in [0.2, 0.25) is 5.43 Å². The predicted octanol–water partition coefficient (Wildman–Crippen LogP) is 3.35. The summed E-state index contributed by atoms with van der Waals surface area (Å²) in [6, 6.07) is 1.27. The summed E-state index contributed by atoms with van der Waals surface area (Å²) in [6.45, 7) is 11.1. The van der Waals surface area contributed by atoms with Gasteiger partial charge in [0.05, 0.1) is 15.9 Å². The summed E-state index contributed by atoms with van der Waals surface area (Å²) >= 11 is 6.11. The molecule has 0 aliphatic carbocycles. The molecule has 7 heteroatoms. The molecule has 25 heavy (non-hydrogen) atoms. The number of carbonyl (C=O) groups is 1. The van der Waals surface area contributed by atoms with Crippen LogP contribution in [0.2, 0.25) is 5.02 Å². The highest BCUT2D eigenvalue weighted by atomic mass is 35.5. The van der Waals surface area contributed by atoms with Gasteiger partial charge in [0, 0.05) is 23.3 Å². The van der Waals surface area contributed by atoms with E-state index in [0.29, 0.717) is 5.52 Å². The minimum Gasteiger partial charge on any atom is -0.504 e. The third-order valence-electron chi connectivity index (χ3n) is 3.64. The van der Waals surface area contributed by atoms with Crippen molar-refractivity contribution in [3.63, 3.8) is 0 Å². The lowest BCUT2D eigenvalue weighted by molar-refractivity contribution is 0.0917. The molecule has 0 saturated carbocycles. The Hall–Kier alpha value is -2.21. The van der Waals surface area contributed by atoms with Crippen LogP contribution in [0.25, 0.3) is 10.9 Å². The zero-order valence-corrected chi connectivity index (χ0v) is 15.9. The molecule has 136 valence electrons. The monoisotopic (exact) mass is 366 g/mol. The van der Waals surface area contributed by atoms with E-state index in [1.54, 1.807) is 4.57 Å². The topological polar surface area (TPSA) is 91.6 Å². The van der Waals surface area contributed by atoms with Gasteiger partial charge in [-0.15, -0.1) is 0 Å². The number of aromatic nitrogens is 1. The fourth-order valence-corrected chi connectivity index (χ4v) is 2.82. The average molecular weight is 367 g/mol. The van der Waals surface area contributed by atoms with E-state index >= 15 is 0 Å². The SMILES string of the molecule is CC(C)(C)NC(=O)c1cn(C(C)(C)C)c2cc(O)c(O)c(Cl)c2c1=O. The third-order valence-corrected chi connectivity index (χ3v) is 4.01. The standard InChI is InChI=1S/C18H23ClN2O4/c1-17(2,3)20-16(25)9-8-21(18(4,5)6)10-7-11(22)15(24)13(19)12(10)14(9)23/h7-8,22,24H,1-6H3,(H,20,25). The fourth-order valence-electron chi connectivity index (χ4n) is 2.54. The molecule has 0 bridgehead atoms. The summed E-state index contributed by atoms with van der Waals surface area (Å²) in [4.78, 5) is 25.5. The van der Waals surface area contributed by atoms with Gasteiger partial charge < -0.3 is 20.1 Å². The fraction of sp³-hybridized carbons (Fsp3) is 0.444. The number of halogens is 1. The van der Waals surface area contributed by atoms with Crippen LogP contribution >= 0.6 is 11.6 Å². The van der Waals surface area contributed by atoms with Crippen molar-refractivity contribution in [2.45, 2.75) is 52.6 Å². The summed E-state index contributed by atoms with van der Waals surface area (Å²) in [6.07, 6.45) is 1.46. The van der Waals surface area contributed by atoms with Crippen molar-refractivity contribution in [2.24, 2.45) is 0 Å². The lowest BCUT2D eigenvalue weighted by Crippen LogP contribution is -2.43. The van der Waals surface area contributed by atoms with E-state index in [1.807, 2.05) is 41.5 Å². The Kier molecular flexibility index (Phi) is 4.55. The second kappa shape index (κ2) is 5.95. The van der Waals surface area contributed by atoms with Gasteiger partial charge in [0.1, 0.15) is 5.56 Å².